The van der Waals surface area contributed by atoms with Crippen LogP contribution in [0.2, 0.25) is 0 Å². The molecule has 0 unspecified atom stereocenters. The fourth-order valence-corrected chi connectivity index (χ4v) is 3.48. The summed E-state index contributed by atoms with van der Waals surface area (Å²) >= 11 is 6.04. The molecular weight excluding hydrogens is 270 g/mol. The van der Waals surface area contributed by atoms with Crippen LogP contribution in [-0.2, 0) is 5.88 Å². The number of benzene rings is 1. The summed E-state index contributed by atoms with van der Waals surface area (Å²) < 4.78 is 2.12. The Morgan fingerprint density at radius 1 is 1.05 bits per heavy atom. The zero-order valence-corrected chi connectivity index (χ0v) is 13.1. The van der Waals surface area contributed by atoms with Crippen LogP contribution in [0.4, 0.5) is 0 Å². The van der Waals surface area contributed by atoms with E-state index >= 15 is 0 Å². The highest BCUT2D eigenvalue weighted by molar-refractivity contribution is 6.16. The van der Waals surface area contributed by atoms with Gasteiger partial charge in [0.15, 0.2) is 5.82 Å². The van der Waals surface area contributed by atoms with Gasteiger partial charge < -0.3 is 0 Å². The van der Waals surface area contributed by atoms with Crippen LogP contribution in [0.25, 0.3) is 5.69 Å². The van der Waals surface area contributed by atoms with E-state index in [4.69, 9.17) is 11.6 Å². The van der Waals surface area contributed by atoms with Crippen molar-refractivity contribution in [3.8, 4) is 5.69 Å². The van der Waals surface area contributed by atoms with E-state index in [1.165, 1.54) is 0 Å². The Balaban J connectivity index is 2.13. The molecule has 0 N–H and O–H groups in total. The van der Waals surface area contributed by atoms with Crippen LogP contribution in [-0.4, -0.2) is 14.8 Å². The van der Waals surface area contributed by atoms with Crippen molar-refractivity contribution < 1.29 is 0 Å². The zero-order valence-electron chi connectivity index (χ0n) is 12.4. The van der Waals surface area contributed by atoms with Gasteiger partial charge in [0.2, 0.25) is 0 Å². The average Bonchev–Trinajstić information content (AvgIpc) is 2.75. The molecule has 1 fully saturated rings. The Morgan fingerprint density at radius 2 is 1.65 bits per heavy atom. The van der Waals surface area contributed by atoms with Crippen molar-refractivity contribution in [2.75, 3.05) is 0 Å². The Kier molecular flexibility index (Phi) is 2.94. The van der Waals surface area contributed by atoms with Gasteiger partial charge in [-0.05, 0) is 23.0 Å². The lowest BCUT2D eigenvalue weighted by molar-refractivity contribution is 0.457. The second kappa shape index (κ2) is 4.32. The van der Waals surface area contributed by atoms with Crippen LogP contribution < -0.4 is 0 Å². The zero-order chi connectivity index (χ0) is 14.5. The number of halogens is 1. The van der Waals surface area contributed by atoms with E-state index in [0.29, 0.717) is 11.8 Å². The molecule has 0 atom stereocenters. The predicted molar refractivity (Wildman–Crippen MR) is 81.2 cm³/mol. The summed E-state index contributed by atoms with van der Waals surface area (Å²) in [5.74, 6) is 2.61. The van der Waals surface area contributed by atoms with Crippen molar-refractivity contribution in [2.24, 2.45) is 10.8 Å². The maximum Gasteiger partial charge on any atom is 0.152 e. The van der Waals surface area contributed by atoms with Crippen LogP contribution in [0, 0.1) is 10.8 Å². The van der Waals surface area contributed by atoms with Crippen molar-refractivity contribution in [3.63, 3.8) is 0 Å². The molecule has 4 heteroatoms. The summed E-state index contributed by atoms with van der Waals surface area (Å²) in [6, 6.07) is 10.2. The molecule has 3 rings (SSSR count). The van der Waals surface area contributed by atoms with E-state index in [2.05, 4.69) is 54.6 Å². The van der Waals surface area contributed by atoms with E-state index in [1.54, 1.807) is 0 Å². The van der Waals surface area contributed by atoms with E-state index in [9.17, 15) is 0 Å². The topological polar surface area (TPSA) is 30.7 Å². The second-order valence-corrected chi connectivity index (χ2v) is 6.92. The van der Waals surface area contributed by atoms with E-state index in [1.807, 2.05) is 18.2 Å². The van der Waals surface area contributed by atoms with Crippen molar-refractivity contribution in [3.05, 3.63) is 42.0 Å². The summed E-state index contributed by atoms with van der Waals surface area (Å²) in [6.45, 7) is 9.17. The van der Waals surface area contributed by atoms with Crippen LogP contribution >= 0.6 is 11.6 Å². The fourth-order valence-electron chi connectivity index (χ4n) is 3.30. The van der Waals surface area contributed by atoms with Crippen molar-refractivity contribution in [1.82, 2.24) is 14.8 Å². The fraction of sp³-hybridized carbons (Fsp3) is 0.500. The lowest BCUT2D eigenvalue weighted by Crippen LogP contribution is -2.05. The first-order valence-electron chi connectivity index (χ1n) is 6.97. The molecule has 0 radical (unpaired) electrons. The minimum atomic E-state index is 0.232. The molecule has 0 bridgehead atoms. The third-order valence-corrected chi connectivity index (χ3v) is 5.41. The number of nitrogens with zero attached hydrogens (tertiary/aromatic N) is 3. The summed E-state index contributed by atoms with van der Waals surface area (Å²) in [7, 11) is 0. The van der Waals surface area contributed by atoms with E-state index in [0.717, 1.165) is 17.3 Å². The standard InChI is InChI=1S/C16H20ClN3/c1-15(2)13(16(15,3)4)14-19-18-12(10-17)20(14)11-8-6-5-7-9-11/h5-9,13H,10H2,1-4H3. The summed E-state index contributed by atoms with van der Waals surface area (Å²) in [6.07, 6.45) is 0. The molecular formula is C16H20ClN3. The summed E-state index contributed by atoms with van der Waals surface area (Å²) in [4.78, 5) is 0. The van der Waals surface area contributed by atoms with E-state index in [-0.39, 0.29) is 10.8 Å². The van der Waals surface area contributed by atoms with Gasteiger partial charge in [0.1, 0.15) is 5.82 Å². The van der Waals surface area contributed by atoms with Gasteiger partial charge in [0.25, 0.3) is 0 Å². The lowest BCUT2D eigenvalue weighted by atomic mass is 10.0. The Morgan fingerprint density at radius 3 is 2.15 bits per heavy atom. The van der Waals surface area contributed by atoms with Gasteiger partial charge in [-0.15, -0.1) is 21.8 Å². The number of hydrogen-bond donors (Lipinski definition) is 0. The first kappa shape index (κ1) is 13.6. The quantitative estimate of drug-likeness (QED) is 0.795. The van der Waals surface area contributed by atoms with Crippen molar-refractivity contribution in [1.29, 1.82) is 0 Å². The first-order valence-corrected chi connectivity index (χ1v) is 7.50. The molecule has 20 heavy (non-hydrogen) atoms. The monoisotopic (exact) mass is 289 g/mol. The van der Waals surface area contributed by atoms with Gasteiger partial charge in [-0.25, -0.2) is 0 Å². The van der Waals surface area contributed by atoms with Gasteiger partial charge in [-0.2, -0.15) is 0 Å². The van der Waals surface area contributed by atoms with Crippen LogP contribution in [0.5, 0.6) is 0 Å². The average molecular weight is 290 g/mol. The molecule has 3 nitrogen and oxygen atoms in total. The summed E-state index contributed by atoms with van der Waals surface area (Å²) in [5, 5.41) is 8.73. The SMILES string of the molecule is CC1(C)C(c2nnc(CCl)n2-c2ccccc2)C1(C)C. The van der Waals surface area contributed by atoms with Gasteiger partial charge in [-0.3, -0.25) is 4.57 Å². The van der Waals surface area contributed by atoms with Gasteiger partial charge in [0.05, 0.1) is 5.88 Å². The number of alkyl halides is 1. The minimum absolute atomic E-state index is 0.232. The maximum atomic E-state index is 6.04. The largest absolute Gasteiger partial charge is 0.282 e. The lowest BCUT2D eigenvalue weighted by Gasteiger charge is -2.10. The van der Waals surface area contributed by atoms with Crippen molar-refractivity contribution >= 4 is 11.6 Å². The molecule has 0 aliphatic heterocycles. The van der Waals surface area contributed by atoms with Crippen molar-refractivity contribution in [2.45, 2.75) is 39.5 Å². The number of aromatic nitrogens is 3. The normalized spacial score (nSPS) is 20.1. The smallest absolute Gasteiger partial charge is 0.152 e. The molecule has 0 saturated heterocycles. The molecule has 2 aromatic rings. The highest BCUT2D eigenvalue weighted by Crippen LogP contribution is 2.73. The van der Waals surface area contributed by atoms with Gasteiger partial charge >= 0.3 is 0 Å². The third kappa shape index (κ3) is 1.72. The minimum Gasteiger partial charge on any atom is -0.282 e. The molecule has 106 valence electrons. The van der Waals surface area contributed by atoms with Crippen LogP contribution in [0.15, 0.2) is 30.3 Å². The second-order valence-electron chi connectivity index (χ2n) is 6.66. The van der Waals surface area contributed by atoms with E-state index < -0.39 is 0 Å². The highest BCUT2D eigenvalue weighted by atomic mass is 35.5. The summed E-state index contributed by atoms with van der Waals surface area (Å²) in [5.41, 5.74) is 1.55. The molecule has 0 amide bonds. The number of rotatable bonds is 3. The number of para-hydroxylation sites is 1. The Hall–Kier alpha value is -1.35. The molecule has 1 aromatic heterocycles. The predicted octanol–water partition coefficient (Wildman–Crippen LogP) is 4.16. The Labute approximate surface area is 125 Å². The molecule has 1 aromatic carbocycles. The highest BCUT2D eigenvalue weighted by Gasteiger charge is 2.67. The van der Waals surface area contributed by atoms with Crippen LogP contribution in [0.1, 0.15) is 45.3 Å². The molecule has 1 heterocycles. The maximum absolute atomic E-state index is 6.04. The third-order valence-electron chi connectivity index (χ3n) is 5.17. The van der Waals surface area contributed by atoms with Crippen LogP contribution in [0.3, 0.4) is 0 Å². The first-order chi connectivity index (χ1) is 9.41. The van der Waals surface area contributed by atoms with Gasteiger partial charge in [-0.1, -0.05) is 45.9 Å². The number of hydrogen-bond acceptors (Lipinski definition) is 2. The molecule has 1 aliphatic carbocycles. The Bertz CT molecular complexity index is 614. The molecule has 0 spiro atoms. The molecule has 1 saturated carbocycles. The van der Waals surface area contributed by atoms with Gasteiger partial charge in [0, 0.05) is 11.6 Å². The molecule has 1 aliphatic rings.